The highest BCUT2D eigenvalue weighted by molar-refractivity contribution is 5.66. The first-order valence-electron chi connectivity index (χ1n) is 15.6. The quantitative estimate of drug-likeness (QED) is 0.375. The van der Waals surface area contributed by atoms with Gasteiger partial charge in [-0.1, -0.05) is 55.4 Å². The van der Waals surface area contributed by atoms with Gasteiger partial charge in [-0.25, -0.2) is 0 Å². The molecule has 0 aromatic heterocycles. The maximum Gasteiger partial charge on any atom is 0.302 e. The first-order chi connectivity index (χ1) is 16.7. The lowest BCUT2D eigenvalue weighted by Crippen LogP contribution is -2.58. The number of rotatable bonds is 6. The van der Waals surface area contributed by atoms with Crippen LogP contribution < -0.4 is 0 Å². The molecule has 5 fully saturated rings. The number of hydrogen-bond donors (Lipinski definition) is 1. The number of aliphatic hydroxyl groups excluding tert-OH is 1. The van der Waals surface area contributed by atoms with Crippen molar-refractivity contribution in [2.75, 3.05) is 0 Å². The highest BCUT2D eigenvalue weighted by atomic mass is 16.5. The van der Waals surface area contributed by atoms with Crippen molar-refractivity contribution >= 4 is 5.97 Å². The van der Waals surface area contributed by atoms with E-state index in [2.05, 4.69) is 55.4 Å². The lowest BCUT2D eigenvalue weighted by molar-refractivity contribution is -0.181. The third kappa shape index (κ3) is 3.22. The second-order valence-electron chi connectivity index (χ2n) is 15.8. The molecule has 5 aliphatic carbocycles. The molecule has 0 radical (unpaired) electrons. The van der Waals surface area contributed by atoms with Gasteiger partial charge < -0.3 is 9.84 Å². The molecule has 1 unspecified atom stereocenters. The Morgan fingerprint density at radius 3 is 2.14 bits per heavy atom. The standard InChI is InChI=1S/C33H56O3/c1-20(2)25(35)11-10-21(3)24-14-16-31(9)27-13-12-26-29(6,7)28(36-23(5)34)15-17-32(26)22(4)33(27,32)19-18-30(24,31)8/h20-22,24-28,35H,10-19H2,1-9H3/t21-,22-,24-,25?,26+,27+,28+,30-,31+,32-,33+/m1/s1. The SMILES string of the molecule is CC(=O)O[C@H]1CC[C@]23[C@@H](C)[C@]24CC[C@]2(C)[C@@H]([C@H](C)CCC(O)C(C)C)CC[C@@]2(C)[C@@H]4CC[C@H]3C1(C)C. The van der Waals surface area contributed by atoms with Gasteiger partial charge in [0.1, 0.15) is 6.10 Å². The van der Waals surface area contributed by atoms with Crippen molar-refractivity contribution < 1.29 is 14.6 Å². The Bertz CT molecular complexity index is 878. The van der Waals surface area contributed by atoms with E-state index in [1.165, 1.54) is 51.4 Å². The normalized spacial score (nSPS) is 50.4. The molecule has 5 rings (SSSR count). The molecule has 3 heteroatoms. The van der Waals surface area contributed by atoms with Gasteiger partial charge in [-0.15, -0.1) is 0 Å². The van der Waals surface area contributed by atoms with Gasteiger partial charge in [0.2, 0.25) is 0 Å². The summed E-state index contributed by atoms with van der Waals surface area (Å²) in [4.78, 5) is 11.9. The van der Waals surface area contributed by atoms with E-state index >= 15 is 0 Å². The monoisotopic (exact) mass is 500 g/mol. The van der Waals surface area contributed by atoms with Crippen molar-refractivity contribution in [2.45, 2.75) is 139 Å². The molecule has 11 atom stereocenters. The average Bonchev–Trinajstić information content (AvgIpc) is 3.19. The zero-order valence-corrected chi connectivity index (χ0v) is 25.0. The summed E-state index contributed by atoms with van der Waals surface area (Å²) in [6.45, 7) is 21.2. The van der Waals surface area contributed by atoms with E-state index in [0.29, 0.717) is 39.4 Å². The number of aliphatic hydroxyl groups is 1. The Morgan fingerprint density at radius 1 is 0.861 bits per heavy atom. The van der Waals surface area contributed by atoms with Crippen LogP contribution in [-0.4, -0.2) is 23.3 Å². The third-order valence-electron chi connectivity index (χ3n) is 14.5. The molecular formula is C33H56O3. The molecule has 206 valence electrons. The van der Waals surface area contributed by atoms with E-state index in [0.717, 1.165) is 30.6 Å². The zero-order chi connectivity index (χ0) is 26.5. The van der Waals surface area contributed by atoms with E-state index in [4.69, 9.17) is 4.74 Å². The Hall–Kier alpha value is -0.570. The van der Waals surface area contributed by atoms with E-state index in [1.54, 1.807) is 6.92 Å². The molecule has 0 heterocycles. The minimum Gasteiger partial charge on any atom is -0.462 e. The third-order valence-corrected chi connectivity index (χ3v) is 14.5. The van der Waals surface area contributed by atoms with Gasteiger partial charge in [-0.2, -0.15) is 0 Å². The number of ether oxygens (including phenoxy) is 1. The van der Waals surface area contributed by atoms with E-state index in [1.807, 2.05) is 0 Å². The van der Waals surface area contributed by atoms with Crippen LogP contribution in [0.3, 0.4) is 0 Å². The van der Waals surface area contributed by atoms with Crippen LogP contribution in [-0.2, 0) is 9.53 Å². The van der Waals surface area contributed by atoms with Crippen LogP contribution in [0.25, 0.3) is 0 Å². The summed E-state index contributed by atoms with van der Waals surface area (Å²) in [5.74, 6) is 4.06. The van der Waals surface area contributed by atoms with Crippen LogP contribution in [0.15, 0.2) is 0 Å². The van der Waals surface area contributed by atoms with Gasteiger partial charge in [0, 0.05) is 12.3 Å². The predicted octanol–water partition coefficient (Wildman–Crippen LogP) is 8.04. The molecule has 0 aliphatic heterocycles. The first kappa shape index (κ1) is 27.0. The summed E-state index contributed by atoms with van der Waals surface area (Å²) >= 11 is 0. The van der Waals surface area contributed by atoms with Crippen molar-refractivity contribution in [3.05, 3.63) is 0 Å². The van der Waals surface area contributed by atoms with Gasteiger partial charge in [-0.3, -0.25) is 4.79 Å². The van der Waals surface area contributed by atoms with Crippen LogP contribution in [0.5, 0.6) is 0 Å². The fourth-order valence-electron chi connectivity index (χ4n) is 12.4. The van der Waals surface area contributed by atoms with Crippen molar-refractivity contribution in [1.29, 1.82) is 0 Å². The largest absolute Gasteiger partial charge is 0.462 e. The maximum atomic E-state index is 11.9. The molecule has 2 spiro atoms. The summed E-state index contributed by atoms with van der Waals surface area (Å²) in [5.41, 5.74) is 1.89. The van der Waals surface area contributed by atoms with Crippen molar-refractivity contribution in [2.24, 2.45) is 62.6 Å². The number of esters is 1. The molecule has 5 aliphatic rings. The minimum atomic E-state index is -0.157. The van der Waals surface area contributed by atoms with Gasteiger partial charge in [0.15, 0.2) is 0 Å². The smallest absolute Gasteiger partial charge is 0.302 e. The molecule has 1 N–H and O–H groups in total. The van der Waals surface area contributed by atoms with Gasteiger partial charge in [0.25, 0.3) is 0 Å². The summed E-state index contributed by atoms with van der Waals surface area (Å²) < 4.78 is 5.93. The Labute approximate surface area is 221 Å². The molecule has 0 aromatic rings. The molecule has 0 bridgehead atoms. The molecule has 3 nitrogen and oxygen atoms in total. The molecule has 36 heavy (non-hydrogen) atoms. The predicted molar refractivity (Wildman–Crippen MR) is 146 cm³/mol. The Kier molecular flexibility index (Phi) is 6.35. The lowest BCUT2D eigenvalue weighted by Gasteiger charge is -2.63. The topological polar surface area (TPSA) is 46.5 Å². The van der Waals surface area contributed by atoms with E-state index in [9.17, 15) is 9.90 Å². The Balaban J connectivity index is 1.40. The highest BCUT2D eigenvalue weighted by Crippen LogP contribution is 2.91. The zero-order valence-electron chi connectivity index (χ0n) is 25.0. The second-order valence-corrected chi connectivity index (χ2v) is 15.8. The van der Waals surface area contributed by atoms with Crippen molar-refractivity contribution in [1.82, 2.24) is 0 Å². The Morgan fingerprint density at radius 2 is 1.50 bits per heavy atom. The lowest BCUT2D eigenvalue weighted by atomic mass is 9.41. The minimum absolute atomic E-state index is 0.0677. The maximum absolute atomic E-state index is 11.9. The van der Waals surface area contributed by atoms with Crippen LogP contribution in [0.2, 0.25) is 0 Å². The fraction of sp³-hybridized carbons (Fsp3) is 0.970. The van der Waals surface area contributed by atoms with Crippen LogP contribution >= 0.6 is 0 Å². The van der Waals surface area contributed by atoms with Gasteiger partial charge in [0.05, 0.1) is 6.10 Å². The molecule has 0 saturated heterocycles. The molecular weight excluding hydrogens is 444 g/mol. The number of carbonyl (C=O) groups excluding carboxylic acids is 1. The molecule has 5 saturated carbocycles. The van der Waals surface area contributed by atoms with Crippen LogP contribution in [0.4, 0.5) is 0 Å². The second kappa shape index (κ2) is 8.46. The van der Waals surface area contributed by atoms with Crippen molar-refractivity contribution in [3.63, 3.8) is 0 Å². The number of hydrogen-bond acceptors (Lipinski definition) is 3. The van der Waals surface area contributed by atoms with E-state index < -0.39 is 0 Å². The van der Waals surface area contributed by atoms with Gasteiger partial charge in [-0.05, 0) is 121 Å². The summed E-state index contributed by atoms with van der Waals surface area (Å²) in [5, 5.41) is 10.5. The van der Waals surface area contributed by atoms with Gasteiger partial charge >= 0.3 is 5.97 Å². The highest BCUT2D eigenvalue weighted by Gasteiger charge is 2.86. The van der Waals surface area contributed by atoms with Crippen LogP contribution in [0, 0.1) is 62.6 Å². The molecule has 0 aromatic carbocycles. The summed E-state index contributed by atoms with van der Waals surface area (Å²) in [7, 11) is 0. The number of fused-ring (bicyclic) bond motifs is 2. The first-order valence-corrected chi connectivity index (χ1v) is 15.6. The van der Waals surface area contributed by atoms with Crippen molar-refractivity contribution in [3.8, 4) is 0 Å². The summed E-state index contributed by atoms with van der Waals surface area (Å²) in [6, 6.07) is 0. The molecule has 0 amide bonds. The summed E-state index contributed by atoms with van der Waals surface area (Å²) in [6.07, 6.45) is 12.6. The van der Waals surface area contributed by atoms with Crippen LogP contribution in [0.1, 0.15) is 127 Å². The fourth-order valence-corrected chi connectivity index (χ4v) is 12.4. The van der Waals surface area contributed by atoms with E-state index in [-0.39, 0.29) is 23.6 Å². The number of carbonyl (C=O) groups is 1. The average molecular weight is 501 g/mol.